The summed E-state index contributed by atoms with van der Waals surface area (Å²) in [6, 6.07) is 5.15. The second-order valence-electron chi connectivity index (χ2n) is 26.0. The highest BCUT2D eigenvalue weighted by Crippen LogP contribution is 2.77. The molecule has 1 aliphatic heterocycles. The van der Waals surface area contributed by atoms with Gasteiger partial charge in [0.25, 0.3) is 5.91 Å². The smallest absolute Gasteiger partial charge is 0.309 e. The van der Waals surface area contributed by atoms with E-state index in [1.165, 1.54) is 24.8 Å². The Morgan fingerprint density at radius 2 is 1.59 bits per heavy atom. The number of nitrogens with one attached hydrogen (secondary N) is 2. The number of carboxylic acid groups (broad SMARTS) is 1. The first-order valence-corrected chi connectivity index (χ1v) is 27.2. The third-order valence-electron chi connectivity index (χ3n) is 20.8. The fourth-order valence-corrected chi connectivity index (χ4v) is 16.8. The number of ether oxygens (including phenoxy) is 2. The van der Waals surface area contributed by atoms with Gasteiger partial charge in [-0.25, -0.2) is 0 Å². The fourth-order valence-electron chi connectivity index (χ4n) is 16.6. The zero-order valence-electron chi connectivity index (χ0n) is 44.0. The Morgan fingerprint density at radius 1 is 0.884 bits per heavy atom. The topological polar surface area (TPSA) is 154 Å². The van der Waals surface area contributed by atoms with Gasteiger partial charge in [0.1, 0.15) is 18.5 Å². The molecule has 12 heteroatoms. The molecule has 1 amide bonds. The number of nitrogens with zero attached hydrogens (tertiary/aromatic N) is 1. The van der Waals surface area contributed by atoms with E-state index in [2.05, 4.69) is 64.0 Å². The molecule has 0 aromatic heterocycles. The van der Waals surface area contributed by atoms with E-state index in [1.54, 1.807) is 18.2 Å². The minimum atomic E-state index is -0.840. The zero-order valence-corrected chi connectivity index (χ0v) is 44.7. The van der Waals surface area contributed by atoms with Gasteiger partial charge >= 0.3 is 11.9 Å². The van der Waals surface area contributed by atoms with E-state index in [0.717, 1.165) is 76.6 Å². The molecule has 11 atom stereocenters. The zero-order chi connectivity index (χ0) is 50.3. The number of aliphatic hydroxyl groups excluding tert-OH is 1. The van der Waals surface area contributed by atoms with Crippen LogP contribution in [0.2, 0.25) is 5.02 Å². The van der Waals surface area contributed by atoms with Crippen molar-refractivity contribution in [2.24, 2.45) is 68.0 Å². The van der Waals surface area contributed by atoms with Crippen molar-refractivity contribution in [2.75, 3.05) is 39.3 Å². The minimum Gasteiger partial charge on any atom is -0.491 e. The van der Waals surface area contributed by atoms with Crippen molar-refractivity contribution in [1.29, 1.82) is 0 Å². The number of aliphatic carboxylic acids is 1. The molecule has 11 nitrogen and oxygen atoms in total. The highest BCUT2D eigenvalue weighted by molar-refractivity contribution is 6.30. The summed E-state index contributed by atoms with van der Waals surface area (Å²) in [5.74, 6) is -0.551. The van der Waals surface area contributed by atoms with Gasteiger partial charge in [-0.3, -0.25) is 24.1 Å². The van der Waals surface area contributed by atoms with Crippen LogP contribution in [0.1, 0.15) is 170 Å². The molecule has 6 aliphatic carbocycles. The standard InChI is InChI=1S/C57H86ClN3O8/c1-34(2)46-40(62)31-57(44(63)32-59-33-51(3,4)60-48(64)36-16-15-35(58)29-41(36)68-28-27-61-25-13-12-14-26-61)24-23-55(10)37(47(46)57)17-18-43-54(9)21-20-45(53(7,8)42(54)19-22-56(43,55)11)69-50(67)39-30-38(49(65)66)52(39,5)6/h15-16,29,34,37-39,42-45,59,63H,12-14,17-28,30-33H2,1-11H3,(H,60,64)(H,65,66)/t37-,38+,39-,42+,43-,44+,45+,54+,55-,56-,57+/m1/s1. The lowest BCUT2D eigenvalue weighted by molar-refractivity contribution is -0.238. The number of carbonyl (C=O) groups is 4. The van der Waals surface area contributed by atoms with Crippen molar-refractivity contribution >= 4 is 35.2 Å². The number of esters is 1. The van der Waals surface area contributed by atoms with Gasteiger partial charge in [0.2, 0.25) is 0 Å². The lowest BCUT2D eigenvalue weighted by Crippen LogP contribution is -2.66. The molecule has 4 N–H and O–H groups in total. The van der Waals surface area contributed by atoms with Gasteiger partial charge in [-0.05, 0) is 167 Å². The second-order valence-corrected chi connectivity index (χ2v) is 26.5. The first kappa shape index (κ1) is 52.3. The molecule has 1 aromatic carbocycles. The van der Waals surface area contributed by atoms with Gasteiger partial charge < -0.3 is 30.3 Å². The number of aliphatic hydroxyl groups is 1. The SMILES string of the molecule is CC(C)C1=C2[C@H]3CC[C@@H]4[C@@]5(C)CC[C@H](OC(=O)[C@H]6C[C@@H](C(=O)O)C6(C)C)C(C)(C)[C@@H]5CC[C@@]4(C)[C@]3(C)CC[C@@]2([C@@H](O)CNCC(C)(C)NC(=O)c2ccc(Cl)cc2OCCN2CCCCC2)CC1=O. The lowest BCUT2D eigenvalue weighted by Gasteiger charge is -2.72. The van der Waals surface area contributed by atoms with E-state index in [4.69, 9.17) is 21.1 Å². The summed E-state index contributed by atoms with van der Waals surface area (Å²) >= 11 is 6.38. The monoisotopic (exact) mass is 976 g/mol. The van der Waals surface area contributed by atoms with Crippen LogP contribution in [0.15, 0.2) is 29.3 Å². The van der Waals surface area contributed by atoms with Gasteiger partial charge in [-0.15, -0.1) is 0 Å². The van der Waals surface area contributed by atoms with Crippen molar-refractivity contribution < 1.29 is 38.9 Å². The van der Waals surface area contributed by atoms with E-state index in [0.29, 0.717) is 60.7 Å². The summed E-state index contributed by atoms with van der Waals surface area (Å²) in [6.07, 6.45) is 10.9. The lowest BCUT2D eigenvalue weighted by atomic mass is 9.33. The van der Waals surface area contributed by atoms with Gasteiger partial charge in [0, 0.05) is 47.4 Å². The Labute approximate surface area is 418 Å². The Balaban J connectivity index is 0.944. The van der Waals surface area contributed by atoms with Gasteiger partial charge in [0.15, 0.2) is 5.78 Å². The third-order valence-corrected chi connectivity index (χ3v) is 21.1. The van der Waals surface area contributed by atoms with E-state index < -0.39 is 40.3 Å². The summed E-state index contributed by atoms with van der Waals surface area (Å²) in [6.45, 7) is 28.4. The summed E-state index contributed by atoms with van der Waals surface area (Å²) in [7, 11) is 0. The Kier molecular flexibility index (Phi) is 14.3. The number of fused-ring (bicyclic) bond motifs is 7. The van der Waals surface area contributed by atoms with Crippen LogP contribution >= 0.6 is 11.6 Å². The molecule has 0 spiro atoms. The average molecular weight is 977 g/mol. The number of carboxylic acids is 1. The van der Waals surface area contributed by atoms with Crippen LogP contribution in [0.3, 0.4) is 0 Å². The number of hydrogen-bond donors (Lipinski definition) is 4. The van der Waals surface area contributed by atoms with Crippen molar-refractivity contribution in [2.45, 2.75) is 177 Å². The predicted octanol–water partition coefficient (Wildman–Crippen LogP) is 10.3. The third kappa shape index (κ3) is 8.93. The Morgan fingerprint density at radius 3 is 2.26 bits per heavy atom. The number of halogens is 1. The van der Waals surface area contributed by atoms with Crippen LogP contribution in [0.5, 0.6) is 5.75 Å². The highest BCUT2D eigenvalue weighted by atomic mass is 35.5. The predicted molar refractivity (Wildman–Crippen MR) is 270 cm³/mol. The van der Waals surface area contributed by atoms with Gasteiger partial charge in [-0.1, -0.05) is 85.9 Å². The number of hydrogen-bond acceptors (Lipinski definition) is 9. The minimum absolute atomic E-state index is 0.00316. The normalized spacial score (nSPS) is 36.6. The summed E-state index contributed by atoms with van der Waals surface area (Å²) in [5.41, 5.74) is 0.398. The number of amides is 1. The second kappa shape index (κ2) is 18.8. The maximum Gasteiger partial charge on any atom is 0.309 e. The molecule has 5 saturated carbocycles. The van der Waals surface area contributed by atoms with E-state index in [1.807, 2.05) is 27.7 Å². The van der Waals surface area contributed by atoms with Crippen LogP contribution in [-0.2, 0) is 19.1 Å². The molecule has 8 rings (SSSR count). The highest BCUT2D eigenvalue weighted by Gasteiger charge is 2.71. The van der Waals surface area contributed by atoms with Crippen LogP contribution in [-0.4, -0.2) is 95.8 Å². The fraction of sp³-hybridized carbons (Fsp3) is 0.789. The molecule has 69 heavy (non-hydrogen) atoms. The molecule has 384 valence electrons. The molecule has 0 unspecified atom stereocenters. The van der Waals surface area contributed by atoms with Crippen molar-refractivity contribution in [3.05, 3.63) is 39.9 Å². The number of Topliss-reactive ketones (excluding diaryl/α,β-unsaturated/α-hetero) is 1. The maximum absolute atomic E-state index is 14.4. The van der Waals surface area contributed by atoms with E-state index >= 15 is 0 Å². The number of piperidine rings is 1. The van der Waals surface area contributed by atoms with E-state index in [9.17, 15) is 29.4 Å². The van der Waals surface area contributed by atoms with Crippen LogP contribution < -0.4 is 15.4 Å². The molecular weight excluding hydrogens is 890 g/mol. The van der Waals surface area contributed by atoms with Crippen LogP contribution in [0.4, 0.5) is 0 Å². The number of allylic oxidation sites excluding steroid dienone is 1. The molecule has 6 fully saturated rings. The first-order valence-electron chi connectivity index (χ1n) is 26.8. The average Bonchev–Trinajstić information content (AvgIpc) is 3.57. The molecular formula is C57H86ClN3O8. The first-order chi connectivity index (χ1) is 32.2. The van der Waals surface area contributed by atoms with Gasteiger partial charge in [0.05, 0.1) is 23.5 Å². The van der Waals surface area contributed by atoms with Crippen LogP contribution in [0.25, 0.3) is 0 Å². The molecule has 1 aromatic rings. The number of carbonyl (C=O) groups excluding carboxylic acids is 3. The number of rotatable bonds is 15. The van der Waals surface area contributed by atoms with Crippen molar-refractivity contribution in [3.63, 3.8) is 0 Å². The number of likely N-dealkylation sites (tertiary alicyclic amines) is 1. The molecule has 1 heterocycles. The van der Waals surface area contributed by atoms with Crippen LogP contribution in [0, 0.1) is 68.0 Å². The quantitative estimate of drug-likeness (QED) is 0.125. The van der Waals surface area contributed by atoms with E-state index in [-0.39, 0.29) is 57.3 Å². The number of benzene rings is 1. The van der Waals surface area contributed by atoms with Crippen molar-refractivity contribution in [1.82, 2.24) is 15.5 Å². The number of ketones is 1. The summed E-state index contributed by atoms with van der Waals surface area (Å²) in [4.78, 5) is 56.2. The molecule has 0 radical (unpaired) electrons. The van der Waals surface area contributed by atoms with Gasteiger partial charge in [-0.2, -0.15) is 0 Å². The molecule has 1 saturated heterocycles. The van der Waals surface area contributed by atoms with Crippen molar-refractivity contribution in [3.8, 4) is 5.75 Å². The maximum atomic E-state index is 14.4. The molecule has 0 bridgehead atoms. The summed E-state index contributed by atoms with van der Waals surface area (Å²) in [5, 5.41) is 29.5. The Hall–Kier alpha value is -2.99. The molecule has 7 aliphatic rings. The Bertz CT molecular complexity index is 2200. The summed E-state index contributed by atoms with van der Waals surface area (Å²) < 4.78 is 12.6. The largest absolute Gasteiger partial charge is 0.491 e.